The zero-order valence-electron chi connectivity index (χ0n) is 8.58. The quantitative estimate of drug-likeness (QED) is 0.454. The first-order valence-electron chi connectivity index (χ1n) is 4.51. The fourth-order valence-corrected chi connectivity index (χ4v) is 1.04. The number of hydrazine groups is 1. The fourth-order valence-electron chi connectivity index (χ4n) is 1.04. The molecule has 0 aliphatic rings. The van der Waals surface area contributed by atoms with E-state index in [4.69, 9.17) is 10.6 Å². The lowest BCUT2D eigenvalue weighted by Crippen LogP contribution is -2.13. The third-order valence-electron chi connectivity index (χ3n) is 1.70. The van der Waals surface area contributed by atoms with Crippen molar-refractivity contribution >= 4 is 11.7 Å². The van der Waals surface area contributed by atoms with E-state index in [0.29, 0.717) is 0 Å². The second-order valence-electron chi connectivity index (χ2n) is 3.29. The van der Waals surface area contributed by atoms with Crippen molar-refractivity contribution < 1.29 is 13.9 Å². The summed E-state index contributed by atoms with van der Waals surface area (Å²) in [6.07, 6.45) is -0.211. The van der Waals surface area contributed by atoms with Gasteiger partial charge in [-0.1, -0.05) is 0 Å². The van der Waals surface area contributed by atoms with Crippen molar-refractivity contribution in [3.63, 3.8) is 0 Å². The number of halogens is 1. The van der Waals surface area contributed by atoms with Crippen molar-refractivity contribution in [2.75, 3.05) is 5.43 Å². The number of nitrogen functional groups attached to an aromatic ring is 1. The Bertz CT molecular complexity index is 366. The van der Waals surface area contributed by atoms with Crippen LogP contribution in [-0.2, 0) is 4.74 Å². The highest BCUT2D eigenvalue weighted by atomic mass is 19.1. The zero-order valence-corrected chi connectivity index (χ0v) is 8.58. The maximum Gasteiger partial charge on any atom is 0.338 e. The summed E-state index contributed by atoms with van der Waals surface area (Å²) in [7, 11) is 0. The van der Waals surface area contributed by atoms with Gasteiger partial charge in [0, 0.05) is 0 Å². The van der Waals surface area contributed by atoms with Crippen LogP contribution in [-0.4, -0.2) is 12.1 Å². The van der Waals surface area contributed by atoms with Crippen LogP contribution in [0.4, 0.5) is 10.1 Å². The minimum atomic E-state index is -0.515. The lowest BCUT2D eigenvalue weighted by atomic mass is 10.2. The maximum atomic E-state index is 13.0. The highest BCUT2D eigenvalue weighted by molar-refractivity contribution is 5.90. The molecule has 0 aliphatic heterocycles. The monoisotopic (exact) mass is 212 g/mol. The van der Waals surface area contributed by atoms with Gasteiger partial charge in [-0.05, 0) is 32.0 Å². The predicted octanol–water partition coefficient (Wildman–Crippen LogP) is 1.68. The van der Waals surface area contributed by atoms with E-state index in [2.05, 4.69) is 5.43 Å². The third-order valence-corrected chi connectivity index (χ3v) is 1.70. The third kappa shape index (κ3) is 2.92. The normalized spacial score (nSPS) is 10.2. The van der Waals surface area contributed by atoms with Crippen molar-refractivity contribution in [3.05, 3.63) is 29.6 Å². The zero-order chi connectivity index (χ0) is 11.4. The first kappa shape index (κ1) is 11.5. The predicted molar refractivity (Wildman–Crippen MR) is 54.8 cm³/mol. The average molecular weight is 212 g/mol. The number of benzene rings is 1. The minimum Gasteiger partial charge on any atom is -0.459 e. The van der Waals surface area contributed by atoms with Gasteiger partial charge in [0.1, 0.15) is 5.82 Å². The van der Waals surface area contributed by atoms with Gasteiger partial charge in [-0.25, -0.2) is 9.18 Å². The van der Waals surface area contributed by atoms with Crippen LogP contribution in [0.5, 0.6) is 0 Å². The van der Waals surface area contributed by atoms with Crippen molar-refractivity contribution in [2.24, 2.45) is 5.84 Å². The van der Waals surface area contributed by atoms with Crippen molar-refractivity contribution in [3.8, 4) is 0 Å². The van der Waals surface area contributed by atoms with Gasteiger partial charge in [-0.2, -0.15) is 0 Å². The lowest BCUT2D eigenvalue weighted by Gasteiger charge is -2.09. The molecular weight excluding hydrogens is 199 g/mol. The van der Waals surface area contributed by atoms with Gasteiger partial charge >= 0.3 is 5.97 Å². The van der Waals surface area contributed by atoms with Crippen LogP contribution in [0.25, 0.3) is 0 Å². The van der Waals surface area contributed by atoms with Crippen molar-refractivity contribution in [1.29, 1.82) is 0 Å². The maximum absolute atomic E-state index is 13.0. The van der Waals surface area contributed by atoms with E-state index in [1.165, 1.54) is 12.1 Å². The number of hydrogen-bond donors (Lipinski definition) is 2. The average Bonchev–Trinajstić information content (AvgIpc) is 2.17. The Morgan fingerprint density at radius 1 is 1.53 bits per heavy atom. The van der Waals surface area contributed by atoms with Gasteiger partial charge in [-0.15, -0.1) is 0 Å². The van der Waals surface area contributed by atoms with E-state index in [1.807, 2.05) is 0 Å². The number of hydrogen-bond acceptors (Lipinski definition) is 4. The molecule has 0 aliphatic carbocycles. The molecule has 5 heteroatoms. The molecule has 0 bridgehead atoms. The fraction of sp³-hybridized carbons (Fsp3) is 0.300. The molecule has 1 rings (SSSR count). The molecule has 15 heavy (non-hydrogen) atoms. The standard InChI is InChI=1S/C10H13FN2O2/c1-6(2)15-10(14)7-3-4-8(11)9(5-7)13-12/h3-6,13H,12H2,1-2H3. The summed E-state index contributed by atoms with van der Waals surface area (Å²) in [4.78, 5) is 11.4. The number of nitrogens with one attached hydrogen (secondary N) is 1. The number of esters is 1. The molecule has 0 saturated heterocycles. The number of anilines is 1. The SMILES string of the molecule is CC(C)OC(=O)c1ccc(F)c(NN)c1. The molecule has 0 atom stereocenters. The van der Waals surface area contributed by atoms with Crippen molar-refractivity contribution in [2.45, 2.75) is 20.0 Å². The van der Waals surface area contributed by atoms with Crippen LogP contribution in [0.1, 0.15) is 24.2 Å². The molecule has 0 unspecified atom stereocenters. The summed E-state index contributed by atoms with van der Waals surface area (Å²) in [6, 6.07) is 3.81. The highest BCUT2D eigenvalue weighted by Gasteiger charge is 2.11. The largest absolute Gasteiger partial charge is 0.459 e. The first-order chi connectivity index (χ1) is 7.04. The molecule has 82 valence electrons. The molecule has 0 aromatic heterocycles. The van der Waals surface area contributed by atoms with Gasteiger partial charge in [0.2, 0.25) is 0 Å². The number of ether oxygens (including phenoxy) is 1. The Kier molecular flexibility index (Phi) is 3.62. The van der Waals surface area contributed by atoms with Crippen LogP contribution in [0.3, 0.4) is 0 Å². The Morgan fingerprint density at radius 3 is 2.73 bits per heavy atom. The second-order valence-corrected chi connectivity index (χ2v) is 3.29. The first-order valence-corrected chi connectivity index (χ1v) is 4.51. The van der Waals surface area contributed by atoms with Crippen LogP contribution in [0.15, 0.2) is 18.2 Å². The molecule has 0 heterocycles. The summed E-state index contributed by atoms with van der Waals surface area (Å²) in [5, 5.41) is 0. The van der Waals surface area contributed by atoms with Gasteiger partial charge in [-0.3, -0.25) is 5.84 Å². The van der Waals surface area contributed by atoms with E-state index in [0.717, 1.165) is 6.07 Å². The smallest absolute Gasteiger partial charge is 0.338 e. The molecule has 0 spiro atoms. The van der Waals surface area contributed by atoms with E-state index in [1.54, 1.807) is 13.8 Å². The highest BCUT2D eigenvalue weighted by Crippen LogP contribution is 2.15. The number of carbonyl (C=O) groups excluding carboxylic acids is 1. The van der Waals surface area contributed by atoms with E-state index in [-0.39, 0.29) is 17.4 Å². The number of nitrogens with two attached hydrogens (primary N) is 1. The lowest BCUT2D eigenvalue weighted by molar-refractivity contribution is 0.0378. The molecular formula is C10H13FN2O2. The summed E-state index contributed by atoms with van der Waals surface area (Å²) >= 11 is 0. The van der Waals surface area contributed by atoms with Crippen molar-refractivity contribution in [1.82, 2.24) is 0 Å². The van der Waals surface area contributed by atoms with Gasteiger partial charge < -0.3 is 10.2 Å². The van der Waals surface area contributed by atoms with Crippen LogP contribution in [0, 0.1) is 5.82 Å². The van der Waals surface area contributed by atoms with Gasteiger partial charge in [0.05, 0.1) is 17.4 Å². The molecule has 0 fully saturated rings. The Labute approximate surface area is 87.2 Å². The molecule has 0 saturated carbocycles. The van der Waals surface area contributed by atoms with Crippen LogP contribution < -0.4 is 11.3 Å². The molecule has 3 N–H and O–H groups in total. The van der Waals surface area contributed by atoms with E-state index < -0.39 is 11.8 Å². The van der Waals surface area contributed by atoms with Gasteiger partial charge in [0.25, 0.3) is 0 Å². The van der Waals surface area contributed by atoms with E-state index >= 15 is 0 Å². The molecule has 1 aromatic rings. The second kappa shape index (κ2) is 4.75. The Hall–Kier alpha value is -1.62. The molecule has 4 nitrogen and oxygen atoms in total. The number of carbonyl (C=O) groups is 1. The minimum absolute atomic E-state index is 0.0632. The van der Waals surface area contributed by atoms with Gasteiger partial charge in [0.15, 0.2) is 0 Å². The van der Waals surface area contributed by atoms with E-state index in [9.17, 15) is 9.18 Å². The Morgan fingerprint density at radius 2 is 2.20 bits per heavy atom. The molecule has 1 aromatic carbocycles. The topological polar surface area (TPSA) is 64.3 Å². The van der Waals surface area contributed by atoms with Crippen LogP contribution >= 0.6 is 0 Å². The summed E-state index contributed by atoms with van der Waals surface area (Å²) in [5.74, 6) is 4.07. The number of rotatable bonds is 3. The summed E-state index contributed by atoms with van der Waals surface area (Å²) in [5.41, 5.74) is 2.49. The summed E-state index contributed by atoms with van der Waals surface area (Å²) < 4.78 is 17.9. The molecule has 0 amide bonds. The molecule has 0 radical (unpaired) electrons. The Balaban J connectivity index is 2.91. The summed E-state index contributed by atoms with van der Waals surface area (Å²) in [6.45, 7) is 3.48. The van der Waals surface area contributed by atoms with Crippen LogP contribution in [0.2, 0.25) is 0 Å².